The lowest BCUT2D eigenvalue weighted by Crippen LogP contribution is -2.40. The third-order valence-electron chi connectivity index (χ3n) is 4.38. The van der Waals surface area contributed by atoms with E-state index in [4.69, 9.17) is 5.11 Å². The SMILES string of the molecule is O=C(O)CCc1cc2n(n1)CCN(CCN1CCCC1=O)C2. The highest BCUT2D eigenvalue weighted by atomic mass is 16.4. The number of hydrogen-bond acceptors (Lipinski definition) is 4. The molecule has 22 heavy (non-hydrogen) atoms. The van der Waals surface area contributed by atoms with Gasteiger partial charge in [-0.15, -0.1) is 0 Å². The molecule has 0 spiro atoms. The monoisotopic (exact) mass is 306 g/mol. The molecule has 3 rings (SSSR count). The Morgan fingerprint density at radius 1 is 1.27 bits per heavy atom. The Bertz CT molecular complexity index is 569. The highest BCUT2D eigenvalue weighted by molar-refractivity contribution is 5.78. The fourth-order valence-corrected chi connectivity index (χ4v) is 3.13. The average Bonchev–Trinajstić information content (AvgIpc) is 3.08. The summed E-state index contributed by atoms with van der Waals surface area (Å²) in [6.07, 6.45) is 2.28. The first-order valence-electron chi connectivity index (χ1n) is 7.89. The smallest absolute Gasteiger partial charge is 0.303 e. The second-order valence-corrected chi connectivity index (χ2v) is 6.00. The summed E-state index contributed by atoms with van der Waals surface area (Å²) in [7, 11) is 0. The van der Waals surface area contributed by atoms with E-state index < -0.39 is 5.97 Å². The molecular formula is C15H22N4O3. The quantitative estimate of drug-likeness (QED) is 0.820. The van der Waals surface area contributed by atoms with Crippen molar-refractivity contribution in [1.29, 1.82) is 0 Å². The Balaban J connectivity index is 1.52. The van der Waals surface area contributed by atoms with Gasteiger partial charge >= 0.3 is 5.97 Å². The maximum absolute atomic E-state index is 11.6. The summed E-state index contributed by atoms with van der Waals surface area (Å²) in [5.74, 6) is -0.513. The summed E-state index contributed by atoms with van der Waals surface area (Å²) in [5, 5.41) is 13.2. The maximum atomic E-state index is 11.6. The van der Waals surface area contributed by atoms with Crippen molar-refractivity contribution in [3.63, 3.8) is 0 Å². The molecule has 0 bridgehead atoms. The van der Waals surface area contributed by atoms with Crippen LogP contribution in [0.5, 0.6) is 0 Å². The van der Waals surface area contributed by atoms with E-state index in [9.17, 15) is 9.59 Å². The van der Waals surface area contributed by atoms with Crippen molar-refractivity contribution in [2.75, 3.05) is 26.2 Å². The van der Waals surface area contributed by atoms with Crippen LogP contribution in [0.2, 0.25) is 0 Å². The van der Waals surface area contributed by atoms with Gasteiger partial charge in [-0.05, 0) is 12.5 Å². The van der Waals surface area contributed by atoms with Crippen molar-refractivity contribution in [3.8, 4) is 0 Å². The Hall–Kier alpha value is -1.89. The van der Waals surface area contributed by atoms with E-state index in [1.807, 2.05) is 15.6 Å². The number of aryl methyl sites for hydroxylation is 1. The molecule has 0 aliphatic carbocycles. The van der Waals surface area contributed by atoms with E-state index in [0.717, 1.165) is 57.1 Å². The molecule has 1 aromatic heterocycles. The molecule has 0 unspecified atom stereocenters. The zero-order chi connectivity index (χ0) is 15.5. The standard InChI is InChI=1S/C15H22N4O3/c20-14-2-1-5-18(14)8-6-17-7-9-19-13(11-17)10-12(16-19)3-4-15(21)22/h10H,1-9,11H2,(H,21,22). The number of carbonyl (C=O) groups excluding carboxylic acids is 1. The number of fused-ring (bicyclic) bond motifs is 1. The Morgan fingerprint density at radius 3 is 2.86 bits per heavy atom. The molecule has 1 amide bonds. The first-order valence-corrected chi connectivity index (χ1v) is 7.89. The van der Waals surface area contributed by atoms with E-state index in [1.54, 1.807) is 0 Å². The first-order chi connectivity index (χ1) is 10.6. The molecule has 0 atom stereocenters. The summed E-state index contributed by atoms with van der Waals surface area (Å²) in [6, 6.07) is 2.01. The van der Waals surface area contributed by atoms with Gasteiger partial charge in [-0.3, -0.25) is 19.2 Å². The third kappa shape index (κ3) is 3.47. The molecular weight excluding hydrogens is 284 g/mol. The molecule has 2 aliphatic rings. The molecule has 0 aromatic carbocycles. The summed E-state index contributed by atoms with van der Waals surface area (Å²) in [5.41, 5.74) is 1.99. The summed E-state index contributed by atoms with van der Waals surface area (Å²) >= 11 is 0. The van der Waals surface area contributed by atoms with Gasteiger partial charge in [-0.2, -0.15) is 5.10 Å². The molecule has 0 saturated carbocycles. The van der Waals surface area contributed by atoms with Crippen LogP contribution in [0.15, 0.2) is 6.07 Å². The molecule has 7 heteroatoms. The lowest BCUT2D eigenvalue weighted by Gasteiger charge is -2.29. The average molecular weight is 306 g/mol. The minimum Gasteiger partial charge on any atom is -0.481 e. The van der Waals surface area contributed by atoms with Crippen LogP contribution in [0.25, 0.3) is 0 Å². The predicted octanol–water partition coefficient (Wildman–Crippen LogP) is 0.338. The van der Waals surface area contributed by atoms with Gasteiger partial charge in [0, 0.05) is 45.6 Å². The van der Waals surface area contributed by atoms with Crippen LogP contribution in [0.4, 0.5) is 0 Å². The molecule has 3 heterocycles. The van der Waals surface area contributed by atoms with E-state index in [0.29, 0.717) is 12.8 Å². The van der Waals surface area contributed by atoms with Crippen LogP contribution in [0, 0.1) is 0 Å². The van der Waals surface area contributed by atoms with Crippen LogP contribution < -0.4 is 0 Å². The van der Waals surface area contributed by atoms with Crippen LogP contribution in [0.1, 0.15) is 30.7 Å². The van der Waals surface area contributed by atoms with Crippen molar-refractivity contribution in [1.82, 2.24) is 19.6 Å². The van der Waals surface area contributed by atoms with E-state index in [2.05, 4.69) is 10.00 Å². The fraction of sp³-hybridized carbons (Fsp3) is 0.667. The topological polar surface area (TPSA) is 78.7 Å². The minimum atomic E-state index is -0.789. The summed E-state index contributed by atoms with van der Waals surface area (Å²) in [6.45, 7) is 5.16. The van der Waals surface area contributed by atoms with Gasteiger partial charge < -0.3 is 10.0 Å². The molecule has 7 nitrogen and oxygen atoms in total. The molecule has 2 aliphatic heterocycles. The number of carboxylic acid groups (broad SMARTS) is 1. The van der Waals surface area contributed by atoms with Gasteiger partial charge in [0.15, 0.2) is 0 Å². The third-order valence-corrected chi connectivity index (χ3v) is 4.38. The number of hydrogen-bond donors (Lipinski definition) is 1. The molecule has 1 aromatic rings. The van der Waals surface area contributed by atoms with Crippen molar-refractivity contribution >= 4 is 11.9 Å². The van der Waals surface area contributed by atoms with Crippen molar-refractivity contribution in [2.24, 2.45) is 0 Å². The summed E-state index contributed by atoms with van der Waals surface area (Å²) < 4.78 is 1.98. The number of amides is 1. The van der Waals surface area contributed by atoms with Gasteiger partial charge in [-0.1, -0.05) is 0 Å². The van der Waals surface area contributed by atoms with Gasteiger partial charge in [0.2, 0.25) is 5.91 Å². The number of carbonyl (C=O) groups is 2. The number of carboxylic acids is 1. The van der Waals surface area contributed by atoms with Gasteiger partial charge in [0.1, 0.15) is 0 Å². The normalized spacial score (nSPS) is 18.7. The lowest BCUT2D eigenvalue weighted by atomic mass is 10.2. The Morgan fingerprint density at radius 2 is 2.14 bits per heavy atom. The lowest BCUT2D eigenvalue weighted by molar-refractivity contribution is -0.137. The minimum absolute atomic E-state index is 0.122. The summed E-state index contributed by atoms with van der Waals surface area (Å²) in [4.78, 5) is 26.5. The fourth-order valence-electron chi connectivity index (χ4n) is 3.13. The number of likely N-dealkylation sites (tertiary alicyclic amines) is 1. The largest absolute Gasteiger partial charge is 0.481 e. The highest BCUT2D eigenvalue weighted by Gasteiger charge is 2.22. The number of rotatable bonds is 6. The van der Waals surface area contributed by atoms with Crippen LogP contribution in [-0.4, -0.2) is 62.7 Å². The number of aliphatic carboxylic acids is 1. The van der Waals surface area contributed by atoms with Crippen LogP contribution in [-0.2, 0) is 29.1 Å². The molecule has 120 valence electrons. The van der Waals surface area contributed by atoms with Gasteiger partial charge in [0.05, 0.1) is 24.4 Å². The van der Waals surface area contributed by atoms with Gasteiger partial charge in [0.25, 0.3) is 0 Å². The highest BCUT2D eigenvalue weighted by Crippen LogP contribution is 2.15. The molecule has 1 fully saturated rings. The zero-order valence-electron chi connectivity index (χ0n) is 12.7. The van der Waals surface area contributed by atoms with E-state index in [-0.39, 0.29) is 12.3 Å². The number of nitrogens with zero attached hydrogens (tertiary/aromatic N) is 4. The maximum Gasteiger partial charge on any atom is 0.303 e. The zero-order valence-corrected chi connectivity index (χ0v) is 12.7. The Labute approximate surface area is 129 Å². The van der Waals surface area contributed by atoms with Crippen molar-refractivity contribution in [2.45, 2.75) is 38.8 Å². The first kappa shape index (κ1) is 15.0. The van der Waals surface area contributed by atoms with E-state index >= 15 is 0 Å². The Kier molecular flexibility index (Phi) is 4.42. The van der Waals surface area contributed by atoms with Crippen LogP contribution >= 0.6 is 0 Å². The second-order valence-electron chi connectivity index (χ2n) is 6.00. The van der Waals surface area contributed by atoms with Crippen LogP contribution in [0.3, 0.4) is 0 Å². The van der Waals surface area contributed by atoms with Gasteiger partial charge in [-0.25, -0.2) is 0 Å². The van der Waals surface area contributed by atoms with E-state index in [1.165, 1.54) is 0 Å². The number of aromatic nitrogens is 2. The predicted molar refractivity (Wildman–Crippen MR) is 79.3 cm³/mol. The van der Waals surface area contributed by atoms with Crippen molar-refractivity contribution in [3.05, 3.63) is 17.5 Å². The molecule has 1 N–H and O–H groups in total. The van der Waals surface area contributed by atoms with Crippen molar-refractivity contribution < 1.29 is 14.7 Å². The molecule has 0 radical (unpaired) electrons. The molecule has 1 saturated heterocycles. The second kappa shape index (κ2) is 6.48.